The van der Waals surface area contributed by atoms with E-state index in [4.69, 9.17) is 0 Å². The monoisotopic (exact) mass is 732 g/mol. The van der Waals surface area contributed by atoms with Crippen LogP contribution in [0, 0.1) is 0 Å². The predicted octanol–water partition coefficient (Wildman–Crippen LogP) is 7.39. The first kappa shape index (κ1) is 37.7. The van der Waals surface area contributed by atoms with E-state index < -0.39 is 31.4 Å². The van der Waals surface area contributed by atoms with Crippen LogP contribution in [0.15, 0.2) is 83.9 Å². The second kappa shape index (κ2) is 15.0. The normalized spacial score (nSPS) is 14.3. The Kier molecular flexibility index (Phi) is 11.1. The number of hydrogen-bond donors (Lipinski definition) is 3. The SMILES string of the molecule is CCCC(=O)c1cc(-c2ccc3c4c(c(S(=O)(=O)O)cc3c2)[N+](CCCS(=O)(=O)O)=C(/C=C/Nc2ccccc2)C4(C)C)cc(C(=O)CCC)n1. The molecule has 2 heterocycles. The molecule has 3 aromatic carbocycles. The zero-order valence-corrected chi connectivity index (χ0v) is 30.6. The standard InChI is InChI=1S/C38H41N3O8S2/c1-5-11-32(42)30-22-26(23-31(40-30)33(43)12-6-2)25-15-16-29-27(21-25)24-34(51(47,48)49)37-36(29)38(3,4)35(41(37)19-10-20-50(44,45)46)17-18-39-28-13-8-7-9-14-28/h7-9,13-18,21-24H,5-6,10-12,19-20H2,1-4H3,(H2,44,45,46,47,48,49)/p+1. The Morgan fingerprint density at radius 3 is 2.06 bits per heavy atom. The minimum atomic E-state index is -4.83. The van der Waals surface area contributed by atoms with Crippen LogP contribution in [-0.2, 0) is 25.7 Å². The highest BCUT2D eigenvalue weighted by atomic mass is 32.2. The Bertz CT molecular complexity index is 2260. The molecule has 1 aliphatic rings. The molecule has 0 spiro atoms. The average Bonchev–Trinajstić information content (AvgIpc) is 3.29. The second-order valence-corrected chi connectivity index (χ2v) is 16.1. The number of fused-ring (bicyclic) bond motifs is 3. The Morgan fingerprint density at radius 2 is 1.49 bits per heavy atom. The van der Waals surface area contributed by atoms with Gasteiger partial charge in [0.1, 0.15) is 17.9 Å². The summed E-state index contributed by atoms with van der Waals surface area (Å²) in [4.78, 5) is 29.9. The van der Waals surface area contributed by atoms with Crippen molar-refractivity contribution in [1.29, 1.82) is 0 Å². The summed E-state index contributed by atoms with van der Waals surface area (Å²) < 4.78 is 71.3. The van der Waals surface area contributed by atoms with Crippen LogP contribution in [0.4, 0.5) is 11.4 Å². The van der Waals surface area contributed by atoms with Gasteiger partial charge in [0.25, 0.3) is 10.1 Å². The maximum absolute atomic E-state index is 13.1. The number of pyridine rings is 1. The molecule has 0 aliphatic carbocycles. The van der Waals surface area contributed by atoms with E-state index in [1.54, 1.807) is 35.1 Å². The Morgan fingerprint density at radius 1 is 0.863 bits per heavy atom. The van der Waals surface area contributed by atoms with Crippen molar-refractivity contribution >= 4 is 59.7 Å². The molecule has 1 aromatic heterocycles. The lowest BCUT2D eigenvalue weighted by Gasteiger charge is -2.19. The molecule has 5 rings (SSSR count). The molecule has 0 fully saturated rings. The van der Waals surface area contributed by atoms with Gasteiger partial charge in [-0.2, -0.15) is 21.4 Å². The van der Waals surface area contributed by atoms with Crippen LogP contribution in [0.3, 0.4) is 0 Å². The van der Waals surface area contributed by atoms with Gasteiger partial charge in [-0.3, -0.25) is 18.7 Å². The summed E-state index contributed by atoms with van der Waals surface area (Å²) in [5, 5.41) is 4.37. The Balaban J connectivity index is 1.72. The van der Waals surface area contributed by atoms with Crippen molar-refractivity contribution < 1.29 is 40.1 Å². The highest BCUT2D eigenvalue weighted by Gasteiger charge is 2.48. The first-order chi connectivity index (χ1) is 24.0. The molecule has 0 unspecified atom stereocenters. The molecular weight excluding hydrogens is 691 g/mol. The molecule has 1 aliphatic heterocycles. The largest absolute Gasteiger partial charge is 0.361 e. The van der Waals surface area contributed by atoms with Crippen LogP contribution in [-0.4, -0.2) is 65.1 Å². The van der Waals surface area contributed by atoms with Gasteiger partial charge in [0.2, 0.25) is 5.69 Å². The quantitative estimate of drug-likeness (QED) is 0.0636. The second-order valence-electron chi connectivity index (χ2n) is 13.1. The van der Waals surface area contributed by atoms with Gasteiger partial charge >= 0.3 is 10.1 Å². The third kappa shape index (κ3) is 8.33. The van der Waals surface area contributed by atoms with Crippen LogP contribution >= 0.6 is 0 Å². The van der Waals surface area contributed by atoms with Gasteiger partial charge < -0.3 is 5.32 Å². The van der Waals surface area contributed by atoms with E-state index in [2.05, 4.69) is 10.3 Å². The molecule has 4 aromatic rings. The number of Topliss-reactive ketones (excluding diaryl/α,β-unsaturated/α-hetero) is 2. The van der Waals surface area contributed by atoms with E-state index in [0.717, 1.165) is 5.69 Å². The molecule has 51 heavy (non-hydrogen) atoms. The number of hydrogen-bond acceptors (Lipinski definition) is 8. The van der Waals surface area contributed by atoms with Gasteiger partial charge in [-0.1, -0.05) is 44.2 Å². The number of ketones is 2. The number of rotatable bonds is 15. The van der Waals surface area contributed by atoms with E-state index in [9.17, 15) is 35.5 Å². The third-order valence-electron chi connectivity index (χ3n) is 8.91. The van der Waals surface area contributed by atoms with Crippen molar-refractivity contribution in [3.63, 3.8) is 0 Å². The number of benzene rings is 3. The molecule has 11 nitrogen and oxygen atoms in total. The van der Waals surface area contributed by atoms with Gasteiger partial charge in [-0.15, -0.1) is 0 Å². The molecule has 3 N–H and O–H groups in total. The third-order valence-corrected chi connectivity index (χ3v) is 10.6. The van der Waals surface area contributed by atoms with Gasteiger partial charge in [0, 0.05) is 42.8 Å². The number of para-hydroxylation sites is 1. The van der Waals surface area contributed by atoms with Crippen molar-refractivity contribution in [2.45, 2.75) is 70.1 Å². The van der Waals surface area contributed by atoms with Crippen LogP contribution in [0.25, 0.3) is 21.9 Å². The lowest BCUT2D eigenvalue weighted by Crippen LogP contribution is -2.28. The zero-order valence-electron chi connectivity index (χ0n) is 29.0. The van der Waals surface area contributed by atoms with Crippen molar-refractivity contribution in [3.8, 4) is 11.1 Å². The maximum Gasteiger partial charge on any atom is 0.301 e. The van der Waals surface area contributed by atoms with Crippen LogP contribution in [0.1, 0.15) is 86.3 Å². The van der Waals surface area contributed by atoms with Gasteiger partial charge in [-0.25, -0.2) is 4.98 Å². The minimum Gasteiger partial charge on any atom is -0.361 e. The molecule has 0 amide bonds. The fraction of sp³-hybridized carbons (Fsp3) is 0.316. The van der Waals surface area contributed by atoms with E-state index in [-0.39, 0.29) is 59.3 Å². The summed E-state index contributed by atoms with van der Waals surface area (Å²) in [6.45, 7) is 7.62. The maximum atomic E-state index is 13.1. The lowest BCUT2D eigenvalue weighted by atomic mass is 9.79. The highest BCUT2D eigenvalue weighted by Crippen LogP contribution is 2.48. The van der Waals surface area contributed by atoms with Crippen molar-refractivity contribution in [2.24, 2.45) is 0 Å². The van der Waals surface area contributed by atoms with Crippen molar-refractivity contribution in [3.05, 3.63) is 96.0 Å². The molecular formula is C38H42N3O8S2+. The van der Waals surface area contributed by atoms with Crippen LogP contribution < -0.4 is 5.32 Å². The summed E-state index contributed by atoms with van der Waals surface area (Å²) in [5.41, 5.74) is 2.92. The topological polar surface area (TPSA) is 171 Å². The Hall–Kier alpha value is -4.56. The van der Waals surface area contributed by atoms with Gasteiger partial charge in [-0.05, 0) is 85.0 Å². The first-order valence-corrected chi connectivity index (χ1v) is 19.9. The summed E-state index contributed by atoms with van der Waals surface area (Å²) in [6, 6.07) is 19.5. The summed E-state index contributed by atoms with van der Waals surface area (Å²) in [5.74, 6) is -0.926. The van der Waals surface area contributed by atoms with Gasteiger partial charge in [0.15, 0.2) is 22.2 Å². The summed E-state index contributed by atoms with van der Waals surface area (Å²) in [6.07, 6.45) is 5.23. The number of nitrogens with zero attached hydrogens (tertiary/aromatic N) is 2. The molecule has 0 saturated heterocycles. The number of allylic oxidation sites excluding steroid dienone is 1. The number of carbonyl (C=O) groups excluding carboxylic acids is 2. The fourth-order valence-electron chi connectivity index (χ4n) is 6.61. The molecule has 13 heteroatoms. The number of carbonyl (C=O) groups is 2. The van der Waals surface area contributed by atoms with Crippen molar-refractivity contribution in [2.75, 3.05) is 17.6 Å². The number of anilines is 1. The summed E-state index contributed by atoms with van der Waals surface area (Å²) in [7, 11) is -9.13. The van der Waals surface area contributed by atoms with Crippen LogP contribution in [0.2, 0.25) is 0 Å². The predicted molar refractivity (Wildman–Crippen MR) is 199 cm³/mol. The minimum absolute atomic E-state index is 0.0213. The molecule has 0 radical (unpaired) electrons. The van der Waals surface area contributed by atoms with E-state index in [0.29, 0.717) is 46.0 Å². The summed E-state index contributed by atoms with van der Waals surface area (Å²) >= 11 is 0. The van der Waals surface area contributed by atoms with E-state index in [1.807, 2.05) is 70.2 Å². The smallest absolute Gasteiger partial charge is 0.301 e. The molecule has 0 saturated carbocycles. The molecule has 0 bridgehead atoms. The lowest BCUT2D eigenvalue weighted by molar-refractivity contribution is -0.440. The number of nitrogens with one attached hydrogen (secondary N) is 1. The van der Waals surface area contributed by atoms with Gasteiger partial charge in [0.05, 0.1) is 11.2 Å². The molecule has 0 atom stereocenters. The molecule has 268 valence electrons. The first-order valence-electron chi connectivity index (χ1n) is 16.8. The van der Waals surface area contributed by atoms with E-state index >= 15 is 0 Å². The fourth-order valence-corrected chi connectivity index (χ4v) is 7.84. The zero-order chi connectivity index (χ0) is 37.1. The Labute approximate surface area is 298 Å². The average molecular weight is 733 g/mol. The van der Waals surface area contributed by atoms with Crippen LogP contribution in [0.5, 0.6) is 0 Å². The number of aromatic nitrogens is 1. The van der Waals surface area contributed by atoms with Crippen molar-refractivity contribution in [1.82, 2.24) is 4.98 Å². The van der Waals surface area contributed by atoms with E-state index in [1.165, 1.54) is 6.07 Å². The highest BCUT2D eigenvalue weighted by molar-refractivity contribution is 7.86.